The van der Waals surface area contributed by atoms with Crippen LogP contribution in [0.5, 0.6) is 0 Å². The van der Waals surface area contributed by atoms with Gasteiger partial charge in [0.1, 0.15) is 0 Å². The van der Waals surface area contributed by atoms with Gasteiger partial charge in [-0.25, -0.2) is 0 Å². The Morgan fingerprint density at radius 2 is 2.42 bits per heavy atom. The smallest absolute Gasteiger partial charge is 0.0777 e. The molecule has 1 N–H and O–H groups in total. The highest BCUT2D eigenvalue weighted by atomic mass is 16.3. The maximum absolute atomic E-state index is 11.2. The Morgan fingerprint density at radius 3 is 3.00 bits per heavy atom. The molecule has 1 rings (SSSR count). The molecule has 0 saturated carbocycles. The summed E-state index contributed by atoms with van der Waals surface area (Å²) in [5, 5.41) is 20.7. The highest BCUT2D eigenvalue weighted by Crippen LogP contribution is 2.20. The minimum Gasteiger partial charge on any atom is -0.861 e. The Hall–Kier alpha value is -0.700. The van der Waals surface area contributed by atoms with Crippen molar-refractivity contribution in [2.24, 2.45) is 0 Å². The lowest BCUT2D eigenvalue weighted by atomic mass is 9.99. The monoisotopic (exact) mass is 170 g/mol. The van der Waals surface area contributed by atoms with Gasteiger partial charge in [-0.15, -0.1) is 0 Å². The van der Waals surface area contributed by atoms with E-state index in [9.17, 15) is 10.2 Å². The van der Waals surface area contributed by atoms with Crippen LogP contribution in [0, 0.1) is 0 Å². The molecule has 3 heteroatoms. The van der Waals surface area contributed by atoms with Gasteiger partial charge in [0.05, 0.1) is 12.1 Å². The van der Waals surface area contributed by atoms with Gasteiger partial charge >= 0.3 is 0 Å². The first-order valence-corrected chi connectivity index (χ1v) is 4.45. The molecule has 0 amide bonds. The molecule has 0 aliphatic carbocycles. The van der Waals surface area contributed by atoms with E-state index in [1.54, 1.807) is 18.0 Å². The van der Waals surface area contributed by atoms with Gasteiger partial charge in [0.15, 0.2) is 0 Å². The normalized spacial score (nSPS) is 30.2. The van der Waals surface area contributed by atoms with Crippen molar-refractivity contribution < 1.29 is 10.2 Å². The number of hydrogen-bond donors (Lipinski definition) is 1. The summed E-state index contributed by atoms with van der Waals surface area (Å²) in [5.41, 5.74) is 0. The average Bonchev–Trinajstić information content (AvgIpc) is 2.06. The topological polar surface area (TPSA) is 46.5 Å². The molecule has 0 aromatic rings. The Labute approximate surface area is 73.3 Å². The summed E-state index contributed by atoms with van der Waals surface area (Å²) < 4.78 is 0. The zero-order chi connectivity index (χ0) is 9.14. The van der Waals surface area contributed by atoms with Crippen LogP contribution in [0.1, 0.15) is 26.2 Å². The second-order valence-electron chi connectivity index (χ2n) is 3.31. The van der Waals surface area contributed by atoms with Gasteiger partial charge in [0.2, 0.25) is 0 Å². The summed E-state index contributed by atoms with van der Waals surface area (Å²) in [7, 11) is 1.75. The standard InChI is InChI=1S/C9H17NO2/c1-3-4-7-8(11)5-6-9(12)10(7)2/h6-8,11-12H,3-5H2,1-2H3/p-1/t7-,8+/m0/s1. The maximum atomic E-state index is 11.2. The first-order chi connectivity index (χ1) is 5.66. The molecule has 2 atom stereocenters. The van der Waals surface area contributed by atoms with Crippen LogP contribution >= 0.6 is 0 Å². The van der Waals surface area contributed by atoms with E-state index in [-0.39, 0.29) is 18.0 Å². The van der Waals surface area contributed by atoms with Crippen LogP contribution in [0.3, 0.4) is 0 Å². The SMILES string of the molecule is CCC[C@H]1[C@H](O)CC=C([O-])N1C. The van der Waals surface area contributed by atoms with Gasteiger partial charge in [-0.1, -0.05) is 19.4 Å². The van der Waals surface area contributed by atoms with E-state index < -0.39 is 0 Å². The number of rotatable bonds is 2. The van der Waals surface area contributed by atoms with Crippen molar-refractivity contribution in [2.75, 3.05) is 7.05 Å². The Morgan fingerprint density at radius 1 is 1.75 bits per heavy atom. The van der Waals surface area contributed by atoms with Gasteiger partial charge in [0, 0.05) is 7.05 Å². The number of aliphatic hydroxyl groups excluding tert-OH is 1. The molecule has 0 aromatic carbocycles. The number of likely N-dealkylation sites (N-methyl/N-ethyl adjacent to an activating group) is 1. The van der Waals surface area contributed by atoms with Crippen molar-refractivity contribution in [2.45, 2.75) is 38.3 Å². The third-order valence-corrected chi connectivity index (χ3v) is 2.41. The van der Waals surface area contributed by atoms with Gasteiger partial charge in [-0.2, -0.15) is 0 Å². The molecule has 0 spiro atoms. The zero-order valence-corrected chi connectivity index (χ0v) is 7.66. The first kappa shape index (κ1) is 9.39. The first-order valence-electron chi connectivity index (χ1n) is 4.45. The van der Waals surface area contributed by atoms with Crippen LogP contribution in [0.4, 0.5) is 0 Å². The lowest BCUT2D eigenvalue weighted by Gasteiger charge is -2.41. The molecule has 0 aromatic heterocycles. The third-order valence-electron chi connectivity index (χ3n) is 2.41. The number of nitrogens with zero attached hydrogens (tertiary/aromatic N) is 1. The number of hydrogen-bond acceptors (Lipinski definition) is 3. The molecule has 12 heavy (non-hydrogen) atoms. The van der Waals surface area contributed by atoms with Crippen molar-refractivity contribution in [1.82, 2.24) is 4.90 Å². The summed E-state index contributed by atoms with van der Waals surface area (Å²) in [4.78, 5) is 1.64. The molecule has 0 saturated heterocycles. The second-order valence-corrected chi connectivity index (χ2v) is 3.31. The molecule has 3 nitrogen and oxygen atoms in total. The third kappa shape index (κ3) is 1.72. The highest BCUT2D eigenvalue weighted by molar-refractivity contribution is 5.00. The molecule has 1 aliphatic heterocycles. The van der Waals surface area contributed by atoms with Crippen molar-refractivity contribution in [3.8, 4) is 0 Å². The fourth-order valence-corrected chi connectivity index (χ4v) is 1.63. The van der Waals surface area contributed by atoms with Crippen molar-refractivity contribution in [3.05, 3.63) is 12.0 Å². The molecule has 1 heterocycles. The van der Waals surface area contributed by atoms with Crippen molar-refractivity contribution >= 4 is 0 Å². The van der Waals surface area contributed by atoms with Crippen LogP contribution in [0.15, 0.2) is 12.0 Å². The lowest BCUT2D eigenvalue weighted by Crippen LogP contribution is -2.46. The van der Waals surface area contributed by atoms with E-state index in [0.29, 0.717) is 6.42 Å². The Balaban J connectivity index is 2.64. The minimum atomic E-state index is -0.368. The quantitative estimate of drug-likeness (QED) is 0.637. The fraction of sp³-hybridized carbons (Fsp3) is 0.778. The van der Waals surface area contributed by atoms with E-state index in [2.05, 4.69) is 6.92 Å². The number of aliphatic hydroxyl groups is 1. The molecule has 0 radical (unpaired) electrons. The summed E-state index contributed by atoms with van der Waals surface area (Å²) in [6, 6.07) is 0.0208. The Bertz CT molecular complexity index is 179. The summed E-state index contributed by atoms with van der Waals surface area (Å²) in [5.74, 6) is 0.0405. The molecular weight excluding hydrogens is 154 g/mol. The van der Waals surface area contributed by atoms with Crippen LogP contribution in [-0.4, -0.2) is 29.2 Å². The highest BCUT2D eigenvalue weighted by Gasteiger charge is 2.23. The molecule has 0 fully saturated rings. The van der Waals surface area contributed by atoms with E-state index in [1.807, 2.05) is 0 Å². The summed E-state index contributed by atoms with van der Waals surface area (Å²) in [6.45, 7) is 2.06. The van der Waals surface area contributed by atoms with Crippen LogP contribution in [-0.2, 0) is 0 Å². The largest absolute Gasteiger partial charge is 0.861 e. The van der Waals surface area contributed by atoms with Gasteiger partial charge in [-0.3, -0.25) is 0 Å². The predicted octanol–water partition coefficient (Wildman–Crippen LogP) is 0.0532. The van der Waals surface area contributed by atoms with Crippen LogP contribution < -0.4 is 5.11 Å². The van der Waals surface area contributed by atoms with Gasteiger partial charge < -0.3 is 15.1 Å². The lowest BCUT2D eigenvalue weighted by molar-refractivity contribution is -0.338. The van der Waals surface area contributed by atoms with E-state index >= 15 is 0 Å². The maximum Gasteiger partial charge on any atom is 0.0777 e. The second kappa shape index (κ2) is 3.81. The van der Waals surface area contributed by atoms with Crippen LogP contribution in [0.25, 0.3) is 0 Å². The Kier molecular flexibility index (Phi) is 2.98. The van der Waals surface area contributed by atoms with E-state index in [4.69, 9.17) is 0 Å². The molecule has 70 valence electrons. The van der Waals surface area contributed by atoms with Gasteiger partial charge in [0.25, 0.3) is 0 Å². The van der Waals surface area contributed by atoms with Crippen molar-refractivity contribution in [3.63, 3.8) is 0 Å². The van der Waals surface area contributed by atoms with Gasteiger partial charge in [-0.05, 0) is 18.7 Å². The predicted molar refractivity (Wildman–Crippen MR) is 45.2 cm³/mol. The minimum absolute atomic E-state index is 0.0208. The summed E-state index contributed by atoms with van der Waals surface area (Å²) in [6.07, 6.45) is 3.58. The average molecular weight is 170 g/mol. The van der Waals surface area contributed by atoms with E-state index in [0.717, 1.165) is 12.8 Å². The molecular formula is C9H16NO2-. The fourth-order valence-electron chi connectivity index (χ4n) is 1.63. The van der Waals surface area contributed by atoms with E-state index in [1.165, 1.54) is 0 Å². The van der Waals surface area contributed by atoms with Crippen LogP contribution in [0.2, 0.25) is 0 Å². The van der Waals surface area contributed by atoms with Crippen molar-refractivity contribution in [1.29, 1.82) is 0 Å². The zero-order valence-electron chi connectivity index (χ0n) is 7.66. The molecule has 0 unspecified atom stereocenters. The molecule has 0 bridgehead atoms. The molecule has 1 aliphatic rings. The summed E-state index contributed by atoms with van der Waals surface area (Å²) >= 11 is 0.